The predicted molar refractivity (Wildman–Crippen MR) is 248 cm³/mol. The Hall–Kier alpha value is -6.96. The Morgan fingerprint density at radius 2 is 0.776 bits per heavy atom. The Balaban J connectivity index is 0.000000148. The molecule has 8 aromatic rings. The summed E-state index contributed by atoms with van der Waals surface area (Å²) in [5.74, 6) is 0.426. The van der Waals surface area contributed by atoms with Gasteiger partial charge in [-0.3, -0.25) is 0 Å². The Bertz CT molecular complexity index is 2480. The van der Waals surface area contributed by atoms with Crippen molar-refractivity contribution in [3.8, 4) is 44.5 Å². The minimum atomic E-state index is 0.426. The van der Waals surface area contributed by atoms with Gasteiger partial charge in [-0.15, -0.1) is 0 Å². The summed E-state index contributed by atoms with van der Waals surface area (Å²) >= 11 is 0. The van der Waals surface area contributed by atoms with Gasteiger partial charge >= 0.3 is 0 Å². The van der Waals surface area contributed by atoms with Gasteiger partial charge in [-0.2, -0.15) is 0 Å². The second kappa shape index (κ2) is 17.9. The van der Waals surface area contributed by atoms with Crippen LogP contribution in [-0.2, 0) is 0 Å². The van der Waals surface area contributed by atoms with Gasteiger partial charge in [0.15, 0.2) is 0 Å². The van der Waals surface area contributed by atoms with Crippen molar-refractivity contribution < 1.29 is 0 Å². The Morgan fingerprint density at radius 3 is 1.22 bits per heavy atom. The van der Waals surface area contributed by atoms with E-state index in [4.69, 9.17) is 0 Å². The van der Waals surface area contributed by atoms with E-state index in [9.17, 15) is 0 Å². The summed E-state index contributed by atoms with van der Waals surface area (Å²) < 4.78 is 0. The molecule has 282 valence electrons. The number of anilines is 2. The van der Waals surface area contributed by atoms with Crippen LogP contribution in [0.4, 0.5) is 11.4 Å². The van der Waals surface area contributed by atoms with Crippen LogP contribution in [-0.4, -0.2) is 0 Å². The van der Waals surface area contributed by atoms with Crippen LogP contribution in [0, 0.1) is 20.8 Å². The molecule has 2 aliphatic rings. The van der Waals surface area contributed by atoms with Crippen molar-refractivity contribution in [1.82, 2.24) is 0 Å². The molecule has 0 saturated heterocycles. The molecule has 0 saturated carbocycles. The number of rotatable bonds is 5. The van der Waals surface area contributed by atoms with Gasteiger partial charge in [-0.1, -0.05) is 211 Å². The quantitative estimate of drug-likeness (QED) is 0.169. The normalized spacial score (nSPS) is 13.5. The molecular weight excluding hydrogens is 699 g/mol. The number of aryl methyl sites for hydroxylation is 3. The summed E-state index contributed by atoms with van der Waals surface area (Å²) in [5, 5.41) is 0. The molecule has 0 fully saturated rings. The van der Waals surface area contributed by atoms with Crippen LogP contribution >= 0.6 is 0 Å². The third kappa shape index (κ3) is 8.86. The van der Waals surface area contributed by atoms with E-state index in [1.165, 1.54) is 83.8 Å². The Labute approximate surface area is 344 Å². The van der Waals surface area contributed by atoms with Crippen LogP contribution in [0.15, 0.2) is 230 Å². The molecule has 8 aromatic carbocycles. The number of hydrogen-bond acceptors (Lipinski definition) is 1. The molecule has 0 radical (unpaired) electrons. The highest BCUT2D eigenvalue weighted by Gasteiger charge is 2.35. The minimum Gasteiger partial charge on any atom is -0.313 e. The van der Waals surface area contributed by atoms with Crippen molar-refractivity contribution in [2.75, 3.05) is 4.90 Å². The first-order valence-electron chi connectivity index (χ1n) is 20.3. The van der Waals surface area contributed by atoms with E-state index in [1.54, 1.807) is 0 Å². The second-order valence-electron chi connectivity index (χ2n) is 15.2. The summed E-state index contributed by atoms with van der Waals surface area (Å²) in [5.41, 5.74) is 19.4. The number of allylic oxidation sites excluding steroid dienone is 4. The summed E-state index contributed by atoms with van der Waals surface area (Å²) in [6, 6.07) is 73.3. The lowest BCUT2D eigenvalue weighted by Gasteiger charge is -2.26. The number of benzene rings is 8. The van der Waals surface area contributed by atoms with E-state index in [0.29, 0.717) is 5.92 Å². The van der Waals surface area contributed by atoms with Crippen molar-refractivity contribution in [3.05, 3.63) is 252 Å². The predicted octanol–water partition coefficient (Wildman–Crippen LogP) is 15.7. The first-order valence-corrected chi connectivity index (χ1v) is 20.3. The Kier molecular flexibility index (Phi) is 11.7. The first kappa shape index (κ1) is 37.9. The van der Waals surface area contributed by atoms with Crippen LogP contribution < -0.4 is 4.90 Å². The van der Waals surface area contributed by atoms with Crippen molar-refractivity contribution in [1.29, 1.82) is 0 Å². The summed E-state index contributed by atoms with van der Waals surface area (Å²) in [4.78, 5) is 2.47. The van der Waals surface area contributed by atoms with Crippen molar-refractivity contribution >= 4 is 11.4 Å². The average Bonchev–Trinajstić information content (AvgIpc) is 3.62. The maximum atomic E-state index is 2.47. The van der Waals surface area contributed by atoms with Crippen LogP contribution in [0.2, 0.25) is 0 Å². The van der Waals surface area contributed by atoms with E-state index >= 15 is 0 Å². The van der Waals surface area contributed by atoms with Gasteiger partial charge < -0.3 is 4.90 Å². The fourth-order valence-corrected chi connectivity index (χ4v) is 7.81. The van der Waals surface area contributed by atoms with Crippen LogP contribution in [0.5, 0.6) is 0 Å². The van der Waals surface area contributed by atoms with Gasteiger partial charge in [-0.25, -0.2) is 0 Å². The molecule has 0 aromatic heterocycles. The Morgan fingerprint density at radius 1 is 0.379 bits per heavy atom. The molecule has 1 heterocycles. The molecule has 1 nitrogen and oxygen atoms in total. The van der Waals surface area contributed by atoms with E-state index in [2.05, 4.69) is 238 Å². The summed E-state index contributed by atoms with van der Waals surface area (Å²) in [7, 11) is 0. The van der Waals surface area contributed by atoms with Crippen molar-refractivity contribution in [2.24, 2.45) is 0 Å². The van der Waals surface area contributed by atoms with E-state index < -0.39 is 0 Å². The third-order valence-electron chi connectivity index (χ3n) is 10.9. The van der Waals surface area contributed by atoms with Crippen LogP contribution in [0.3, 0.4) is 0 Å². The monoisotopic (exact) mass is 747 g/mol. The lowest BCUT2D eigenvalue weighted by molar-refractivity contribution is 0.819. The van der Waals surface area contributed by atoms with Gasteiger partial charge in [0.2, 0.25) is 0 Å². The minimum absolute atomic E-state index is 0.426. The lowest BCUT2D eigenvalue weighted by atomic mass is 9.91. The SMILES string of the molecule is Cc1ccc(-c2ccccc2)cc1.Cc1ccc(-c2ccccc2)cc1.Cc1ccc2c(c1)C1CC=CC=C1N2c1cc(-c2ccccc2)cc(-c2ccccc2)c1. The van der Waals surface area contributed by atoms with Crippen molar-refractivity contribution in [2.45, 2.75) is 33.1 Å². The van der Waals surface area contributed by atoms with Crippen LogP contribution in [0.25, 0.3) is 44.5 Å². The van der Waals surface area contributed by atoms with Gasteiger partial charge in [0, 0.05) is 23.0 Å². The molecule has 1 aliphatic carbocycles. The molecule has 0 amide bonds. The molecule has 1 unspecified atom stereocenters. The fourth-order valence-electron chi connectivity index (χ4n) is 7.81. The van der Waals surface area contributed by atoms with E-state index in [0.717, 1.165) is 6.42 Å². The molecule has 0 N–H and O–H groups in total. The second-order valence-corrected chi connectivity index (χ2v) is 15.2. The highest BCUT2D eigenvalue weighted by atomic mass is 15.2. The molecular formula is C57H49N. The molecule has 0 spiro atoms. The van der Waals surface area contributed by atoms with Gasteiger partial charge in [0.1, 0.15) is 0 Å². The molecule has 0 bridgehead atoms. The van der Waals surface area contributed by atoms with Crippen LogP contribution in [0.1, 0.15) is 34.6 Å². The van der Waals surface area contributed by atoms with Gasteiger partial charge in [-0.05, 0) is 108 Å². The zero-order valence-electron chi connectivity index (χ0n) is 33.6. The topological polar surface area (TPSA) is 3.24 Å². The first-order chi connectivity index (χ1) is 28.5. The smallest absolute Gasteiger partial charge is 0.0497 e. The van der Waals surface area contributed by atoms with Gasteiger partial charge in [0.05, 0.1) is 0 Å². The number of hydrogen-bond donors (Lipinski definition) is 0. The molecule has 58 heavy (non-hydrogen) atoms. The molecule has 1 atom stereocenters. The van der Waals surface area contributed by atoms with E-state index in [-0.39, 0.29) is 0 Å². The summed E-state index contributed by atoms with van der Waals surface area (Å²) in [6.45, 7) is 6.40. The molecule has 1 aliphatic heterocycles. The van der Waals surface area contributed by atoms with Crippen molar-refractivity contribution in [3.63, 3.8) is 0 Å². The maximum Gasteiger partial charge on any atom is 0.0497 e. The third-order valence-corrected chi connectivity index (χ3v) is 10.9. The molecule has 1 heteroatoms. The molecule has 10 rings (SSSR count). The van der Waals surface area contributed by atoms with Gasteiger partial charge in [0.25, 0.3) is 0 Å². The number of fused-ring (bicyclic) bond motifs is 3. The fraction of sp³-hybridized carbons (Fsp3) is 0.0877. The highest BCUT2D eigenvalue weighted by Crippen LogP contribution is 2.51. The highest BCUT2D eigenvalue weighted by molar-refractivity contribution is 5.85. The largest absolute Gasteiger partial charge is 0.313 e. The maximum absolute atomic E-state index is 2.47. The zero-order chi connectivity index (χ0) is 39.7. The lowest BCUT2D eigenvalue weighted by Crippen LogP contribution is -2.14. The standard InChI is InChI=1S/C31H25N.2C13H12/c1-22-16-17-31-29(18-22)28-14-8-9-15-30(28)32(31)27-20-25(23-10-4-2-5-11-23)19-26(21-27)24-12-6-3-7-13-24;2*1-11-7-9-13(10-8-11)12-5-3-2-4-6-12/h2-13,15-21,28H,14H2,1H3;2*2-10H,1H3. The number of nitrogens with zero attached hydrogens (tertiary/aromatic N) is 1. The summed E-state index contributed by atoms with van der Waals surface area (Å²) in [6.07, 6.45) is 7.85. The average molecular weight is 748 g/mol. The van der Waals surface area contributed by atoms with E-state index in [1.807, 2.05) is 12.1 Å². The zero-order valence-corrected chi connectivity index (χ0v) is 33.6.